The molecule has 0 bridgehead atoms. The fraction of sp³-hybridized carbons (Fsp3) is 0.867. The molecule has 1 saturated carbocycles. The third kappa shape index (κ3) is 3.79. The summed E-state index contributed by atoms with van der Waals surface area (Å²) in [5.74, 6) is 2.30. The van der Waals surface area contributed by atoms with E-state index in [9.17, 15) is 0 Å². The molecule has 114 valence electrons. The molecule has 0 radical (unpaired) electrons. The van der Waals surface area contributed by atoms with E-state index in [2.05, 4.69) is 35.9 Å². The molecule has 1 aliphatic carbocycles. The van der Waals surface area contributed by atoms with Crippen LogP contribution >= 0.6 is 0 Å². The molecule has 0 aromatic carbocycles. The van der Waals surface area contributed by atoms with Crippen molar-refractivity contribution in [1.82, 2.24) is 19.7 Å². The van der Waals surface area contributed by atoms with Crippen molar-refractivity contribution in [1.29, 1.82) is 0 Å². The zero-order valence-corrected chi connectivity index (χ0v) is 13.1. The van der Waals surface area contributed by atoms with Crippen LogP contribution in [0, 0.1) is 11.8 Å². The van der Waals surface area contributed by atoms with Crippen LogP contribution < -0.4 is 5.73 Å². The molecule has 1 heterocycles. The molecule has 0 aliphatic heterocycles. The van der Waals surface area contributed by atoms with Crippen LogP contribution in [0.4, 0.5) is 0 Å². The smallest absolute Gasteiger partial charge is 0.141 e. The average molecular weight is 279 g/mol. The van der Waals surface area contributed by atoms with Crippen molar-refractivity contribution in [2.75, 3.05) is 13.6 Å². The second-order valence-corrected chi connectivity index (χ2v) is 6.51. The highest BCUT2D eigenvalue weighted by molar-refractivity contribution is 4.89. The largest absolute Gasteiger partial charge is 0.330 e. The van der Waals surface area contributed by atoms with Gasteiger partial charge in [0.05, 0.1) is 6.54 Å². The minimum Gasteiger partial charge on any atom is -0.330 e. The van der Waals surface area contributed by atoms with Crippen LogP contribution in [0.2, 0.25) is 0 Å². The second-order valence-electron chi connectivity index (χ2n) is 6.51. The number of hydrogen-bond donors (Lipinski definition) is 1. The molecule has 5 heteroatoms. The first-order chi connectivity index (χ1) is 9.61. The Hall–Kier alpha value is -0.940. The predicted molar refractivity (Wildman–Crippen MR) is 81.1 cm³/mol. The minimum absolute atomic E-state index is 0.590. The summed E-state index contributed by atoms with van der Waals surface area (Å²) >= 11 is 0. The topological polar surface area (TPSA) is 60.0 Å². The fourth-order valence-corrected chi connectivity index (χ4v) is 3.29. The maximum atomic E-state index is 5.94. The minimum atomic E-state index is 0.590. The summed E-state index contributed by atoms with van der Waals surface area (Å²) in [6.45, 7) is 7.03. The summed E-state index contributed by atoms with van der Waals surface area (Å²) in [6, 6.07) is 0.595. The summed E-state index contributed by atoms with van der Waals surface area (Å²) in [5, 5.41) is 4.35. The normalized spacial score (nSPS) is 23.7. The standard InChI is InChI=1S/C15H29N5/c1-12(2)9-20-15(17-11-18-20)10-19(3)14-7-5-4-6-13(14)8-16/h11-14H,4-10,16H2,1-3H3. The monoisotopic (exact) mass is 279 g/mol. The lowest BCUT2D eigenvalue weighted by molar-refractivity contribution is 0.123. The van der Waals surface area contributed by atoms with Crippen molar-refractivity contribution in [3.05, 3.63) is 12.2 Å². The molecule has 1 aromatic rings. The van der Waals surface area contributed by atoms with E-state index in [1.165, 1.54) is 25.7 Å². The summed E-state index contributed by atoms with van der Waals surface area (Å²) < 4.78 is 2.04. The van der Waals surface area contributed by atoms with Crippen LogP contribution in [-0.4, -0.2) is 39.3 Å². The Balaban J connectivity index is 1.99. The Labute approximate surface area is 122 Å². The highest BCUT2D eigenvalue weighted by Gasteiger charge is 2.27. The first kappa shape index (κ1) is 15.4. The second kappa shape index (κ2) is 7.18. The summed E-state index contributed by atoms with van der Waals surface area (Å²) in [6.07, 6.45) is 6.85. The molecule has 2 atom stereocenters. The molecule has 20 heavy (non-hydrogen) atoms. The van der Waals surface area contributed by atoms with Crippen LogP contribution in [-0.2, 0) is 13.1 Å². The Morgan fingerprint density at radius 2 is 2.15 bits per heavy atom. The van der Waals surface area contributed by atoms with Gasteiger partial charge < -0.3 is 5.73 Å². The van der Waals surface area contributed by atoms with E-state index in [1.54, 1.807) is 6.33 Å². The molecule has 2 N–H and O–H groups in total. The fourth-order valence-electron chi connectivity index (χ4n) is 3.29. The zero-order chi connectivity index (χ0) is 14.5. The number of nitrogens with zero attached hydrogens (tertiary/aromatic N) is 4. The van der Waals surface area contributed by atoms with E-state index >= 15 is 0 Å². The molecule has 0 amide bonds. The molecule has 1 fully saturated rings. The van der Waals surface area contributed by atoms with Crippen molar-refractivity contribution in [3.8, 4) is 0 Å². The van der Waals surface area contributed by atoms with Crippen molar-refractivity contribution < 1.29 is 0 Å². The molecular formula is C15H29N5. The average Bonchev–Trinajstić information content (AvgIpc) is 2.85. The van der Waals surface area contributed by atoms with Crippen molar-refractivity contribution >= 4 is 0 Å². The molecule has 2 unspecified atom stereocenters. The van der Waals surface area contributed by atoms with Gasteiger partial charge in [0.15, 0.2) is 0 Å². The predicted octanol–water partition coefficient (Wildman–Crippen LogP) is 1.88. The maximum Gasteiger partial charge on any atom is 0.141 e. The summed E-state index contributed by atoms with van der Waals surface area (Å²) in [7, 11) is 2.20. The summed E-state index contributed by atoms with van der Waals surface area (Å²) in [4.78, 5) is 6.86. The van der Waals surface area contributed by atoms with Gasteiger partial charge in [-0.2, -0.15) is 5.10 Å². The van der Waals surface area contributed by atoms with Crippen LogP contribution in [0.3, 0.4) is 0 Å². The van der Waals surface area contributed by atoms with Crippen LogP contribution in [0.5, 0.6) is 0 Å². The van der Waals surface area contributed by atoms with Crippen molar-refractivity contribution in [2.45, 2.75) is 58.7 Å². The third-order valence-electron chi connectivity index (χ3n) is 4.36. The Kier molecular flexibility index (Phi) is 5.54. The Bertz CT molecular complexity index is 401. The highest BCUT2D eigenvalue weighted by atomic mass is 15.3. The van der Waals surface area contributed by atoms with E-state index < -0.39 is 0 Å². The van der Waals surface area contributed by atoms with Crippen molar-refractivity contribution in [2.24, 2.45) is 17.6 Å². The van der Waals surface area contributed by atoms with Crippen molar-refractivity contribution in [3.63, 3.8) is 0 Å². The summed E-state index contributed by atoms with van der Waals surface area (Å²) in [5.41, 5.74) is 5.94. The van der Waals surface area contributed by atoms with Gasteiger partial charge in [-0.25, -0.2) is 9.67 Å². The quantitative estimate of drug-likeness (QED) is 0.864. The lowest BCUT2D eigenvalue weighted by Crippen LogP contribution is -2.43. The van der Waals surface area contributed by atoms with Gasteiger partial charge >= 0.3 is 0 Å². The molecule has 5 nitrogen and oxygen atoms in total. The number of rotatable bonds is 6. The van der Waals surface area contributed by atoms with Gasteiger partial charge in [-0.1, -0.05) is 26.7 Å². The lowest BCUT2D eigenvalue weighted by atomic mass is 9.84. The van der Waals surface area contributed by atoms with Crippen LogP contribution in [0.15, 0.2) is 6.33 Å². The lowest BCUT2D eigenvalue weighted by Gasteiger charge is -2.37. The molecular weight excluding hydrogens is 250 g/mol. The third-order valence-corrected chi connectivity index (χ3v) is 4.36. The van der Waals surface area contributed by atoms with Gasteiger partial charge in [0.25, 0.3) is 0 Å². The van der Waals surface area contributed by atoms with Crippen LogP contribution in [0.25, 0.3) is 0 Å². The van der Waals surface area contributed by atoms with Gasteiger partial charge in [-0.3, -0.25) is 4.90 Å². The number of hydrogen-bond acceptors (Lipinski definition) is 4. The zero-order valence-electron chi connectivity index (χ0n) is 13.1. The molecule has 0 saturated heterocycles. The molecule has 1 aromatic heterocycles. The molecule has 1 aliphatic rings. The van der Waals surface area contributed by atoms with Gasteiger partial charge in [0, 0.05) is 12.6 Å². The first-order valence-electron chi connectivity index (χ1n) is 7.88. The van der Waals surface area contributed by atoms with E-state index in [1.807, 2.05) is 4.68 Å². The van der Waals surface area contributed by atoms with E-state index in [-0.39, 0.29) is 0 Å². The van der Waals surface area contributed by atoms with Gasteiger partial charge in [-0.05, 0) is 38.3 Å². The number of aromatic nitrogens is 3. The van der Waals surface area contributed by atoms with Gasteiger partial charge in [0.1, 0.15) is 12.2 Å². The van der Waals surface area contributed by atoms with E-state index in [4.69, 9.17) is 5.73 Å². The van der Waals surface area contributed by atoms with E-state index in [0.29, 0.717) is 17.9 Å². The van der Waals surface area contributed by atoms with Gasteiger partial charge in [-0.15, -0.1) is 0 Å². The highest BCUT2D eigenvalue weighted by Crippen LogP contribution is 2.27. The Morgan fingerprint density at radius 3 is 2.85 bits per heavy atom. The molecule has 2 rings (SSSR count). The first-order valence-corrected chi connectivity index (χ1v) is 7.88. The van der Waals surface area contributed by atoms with Gasteiger partial charge in [0.2, 0.25) is 0 Å². The Morgan fingerprint density at radius 1 is 1.40 bits per heavy atom. The van der Waals surface area contributed by atoms with E-state index in [0.717, 1.165) is 25.5 Å². The SMILES string of the molecule is CC(C)Cn1ncnc1CN(C)C1CCCCC1CN. The van der Waals surface area contributed by atoms with Crippen LogP contribution in [0.1, 0.15) is 45.4 Å². The molecule has 0 spiro atoms. The number of nitrogens with two attached hydrogens (primary N) is 1. The maximum absolute atomic E-state index is 5.94.